The van der Waals surface area contributed by atoms with E-state index in [1.54, 1.807) is 6.20 Å². The third-order valence-electron chi connectivity index (χ3n) is 5.52. The second kappa shape index (κ2) is 7.74. The Labute approximate surface area is 176 Å². The van der Waals surface area contributed by atoms with Crippen molar-refractivity contribution in [3.63, 3.8) is 0 Å². The number of hydrogen-bond acceptors (Lipinski definition) is 7. The zero-order valence-corrected chi connectivity index (χ0v) is 18.1. The van der Waals surface area contributed by atoms with Gasteiger partial charge in [0.1, 0.15) is 18.0 Å². The highest BCUT2D eigenvalue weighted by molar-refractivity contribution is 5.69. The van der Waals surface area contributed by atoms with Crippen molar-refractivity contribution in [2.45, 2.75) is 65.2 Å². The summed E-state index contributed by atoms with van der Waals surface area (Å²) in [7, 11) is 0. The van der Waals surface area contributed by atoms with Crippen LogP contribution in [0.4, 0.5) is 4.79 Å². The van der Waals surface area contributed by atoms with E-state index in [1.807, 2.05) is 51.7 Å². The van der Waals surface area contributed by atoms with Crippen molar-refractivity contribution in [3.8, 4) is 17.5 Å². The molecule has 4 rings (SSSR count). The topological polar surface area (TPSA) is 86.7 Å². The molecule has 160 valence electrons. The lowest BCUT2D eigenvalue weighted by atomic mass is 10.1. The molecule has 2 unspecified atom stereocenters. The van der Waals surface area contributed by atoms with E-state index in [0.717, 1.165) is 24.1 Å². The van der Waals surface area contributed by atoms with Gasteiger partial charge >= 0.3 is 6.09 Å². The summed E-state index contributed by atoms with van der Waals surface area (Å²) in [5.74, 6) is 1.89. The maximum atomic E-state index is 12.4. The van der Waals surface area contributed by atoms with Crippen LogP contribution in [0.3, 0.4) is 0 Å². The Morgan fingerprint density at radius 1 is 1.13 bits per heavy atom. The minimum absolute atomic E-state index is 0.00950. The van der Waals surface area contributed by atoms with Gasteiger partial charge in [-0.25, -0.2) is 14.8 Å². The van der Waals surface area contributed by atoms with Gasteiger partial charge in [0, 0.05) is 31.1 Å². The van der Waals surface area contributed by atoms with Crippen LogP contribution in [-0.2, 0) is 4.74 Å². The molecule has 0 N–H and O–H groups in total. The fraction of sp³-hybridized carbons (Fsp3) is 0.545. The minimum atomic E-state index is -0.490. The number of hydrogen-bond donors (Lipinski definition) is 0. The van der Waals surface area contributed by atoms with Gasteiger partial charge in [-0.1, -0.05) is 0 Å². The third-order valence-corrected chi connectivity index (χ3v) is 5.52. The molecule has 1 saturated heterocycles. The Hall–Kier alpha value is -2.90. The van der Waals surface area contributed by atoms with Gasteiger partial charge in [-0.15, -0.1) is 0 Å². The molecule has 3 heterocycles. The van der Waals surface area contributed by atoms with Crippen LogP contribution in [0.2, 0.25) is 0 Å². The van der Waals surface area contributed by atoms with E-state index in [1.165, 1.54) is 6.33 Å². The zero-order chi connectivity index (χ0) is 21.5. The number of aromatic nitrogens is 3. The van der Waals surface area contributed by atoms with E-state index < -0.39 is 5.60 Å². The van der Waals surface area contributed by atoms with Crippen molar-refractivity contribution in [3.05, 3.63) is 35.9 Å². The van der Waals surface area contributed by atoms with Crippen molar-refractivity contribution < 1.29 is 19.0 Å². The molecule has 2 aromatic rings. The van der Waals surface area contributed by atoms with E-state index in [0.29, 0.717) is 24.1 Å². The number of carbonyl (C=O) groups is 1. The SMILES string of the molecule is Cc1ncccc1Oc1ncnc(O[C@H]2CC3CC2CN3C(=O)OC(C)(C)C)c1C. The molecule has 30 heavy (non-hydrogen) atoms. The van der Waals surface area contributed by atoms with Crippen LogP contribution < -0.4 is 9.47 Å². The smallest absolute Gasteiger partial charge is 0.410 e. The standard InChI is InChI=1S/C22H28N4O4/c1-13-19(28-17-7-6-8-23-14(17)2)24-12-25-20(13)29-18-10-16-9-15(18)11-26(16)21(27)30-22(3,4)5/h6-8,12,15-16,18H,9-11H2,1-5H3/t15?,16?,18-/m0/s1. The van der Waals surface area contributed by atoms with Crippen LogP contribution in [-0.4, -0.2) is 50.2 Å². The predicted molar refractivity (Wildman–Crippen MR) is 110 cm³/mol. The number of ether oxygens (including phenoxy) is 3. The zero-order valence-electron chi connectivity index (χ0n) is 18.1. The van der Waals surface area contributed by atoms with Crippen LogP contribution in [0.5, 0.6) is 17.5 Å². The lowest BCUT2D eigenvalue weighted by Gasteiger charge is -2.33. The van der Waals surface area contributed by atoms with Gasteiger partial charge in [0.2, 0.25) is 11.8 Å². The summed E-state index contributed by atoms with van der Waals surface area (Å²) in [4.78, 5) is 27.1. The first kappa shape index (κ1) is 20.4. The molecule has 2 fully saturated rings. The highest BCUT2D eigenvalue weighted by atomic mass is 16.6. The molecule has 2 aromatic heterocycles. The molecule has 8 heteroatoms. The number of rotatable bonds is 4. The summed E-state index contributed by atoms with van der Waals surface area (Å²) < 4.78 is 17.7. The number of piperidine rings is 1. The number of aryl methyl sites for hydroxylation is 1. The van der Waals surface area contributed by atoms with Crippen LogP contribution in [0.15, 0.2) is 24.7 Å². The predicted octanol–water partition coefficient (Wildman–Crippen LogP) is 4.06. The lowest BCUT2D eigenvalue weighted by molar-refractivity contribution is 0.0101. The number of carbonyl (C=O) groups excluding carboxylic acids is 1. The second-order valence-corrected chi connectivity index (χ2v) is 8.97. The van der Waals surface area contributed by atoms with E-state index >= 15 is 0 Å². The minimum Gasteiger partial charge on any atom is -0.474 e. The van der Waals surface area contributed by atoms with Gasteiger partial charge in [0.05, 0.1) is 11.3 Å². The van der Waals surface area contributed by atoms with Crippen LogP contribution in [0.1, 0.15) is 44.9 Å². The van der Waals surface area contributed by atoms with Crippen molar-refractivity contribution in [2.75, 3.05) is 6.54 Å². The maximum absolute atomic E-state index is 12.4. The van der Waals surface area contributed by atoms with Crippen molar-refractivity contribution in [2.24, 2.45) is 5.92 Å². The van der Waals surface area contributed by atoms with Gasteiger partial charge in [-0.3, -0.25) is 4.98 Å². The number of pyridine rings is 1. The van der Waals surface area contributed by atoms with Gasteiger partial charge in [0.15, 0.2) is 5.75 Å². The van der Waals surface area contributed by atoms with Crippen molar-refractivity contribution in [1.29, 1.82) is 0 Å². The molecule has 0 radical (unpaired) electrons. The van der Waals surface area contributed by atoms with Crippen molar-refractivity contribution in [1.82, 2.24) is 19.9 Å². The average molecular weight is 412 g/mol. The summed E-state index contributed by atoms with van der Waals surface area (Å²) in [6.45, 7) is 10.1. The van der Waals surface area contributed by atoms with E-state index in [-0.39, 0.29) is 24.2 Å². The van der Waals surface area contributed by atoms with E-state index in [2.05, 4.69) is 15.0 Å². The molecule has 2 bridgehead atoms. The molecule has 0 aromatic carbocycles. The molecule has 0 spiro atoms. The van der Waals surface area contributed by atoms with Gasteiger partial charge in [-0.2, -0.15) is 0 Å². The molecule has 8 nitrogen and oxygen atoms in total. The maximum Gasteiger partial charge on any atom is 0.410 e. The molecule has 1 aliphatic carbocycles. The monoisotopic (exact) mass is 412 g/mol. The number of nitrogens with zero attached hydrogens (tertiary/aromatic N) is 4. The number of likely N-dealkylation sites (tertiary alicyclic amines) is 1. The van der Waals surface area contributed by atoms with Gasteiger partial charge in [0.25, 0.3) is 0 Å². The highest BCUT2D eigenvalue weighted by Crippen LogP contribution is 2.41. The summed E-state index contributed by atoms with van der Waals surface area (Å²) in [5.41, 5.74) is 1.04. The lowest BCUT2D eigenvalue weighted by Crippen LogP contribution is -2.45. The van der Waals surface area contributed by atoms with Crippen LogP contribution in [0, 0.1) is 19.8 Å². The second-order valence-electron chi connectivity index (χ2n) is 8.97. The fourth-order valence-electron chi connectivity index (χ4n) is 4.06. The quantitative estimate of drug-likeness (QED) is 0.748. The number of fused-ring (bicyclic) bond motifs is 2. The molecular formula is C22H28N4O4. The van der Waals surface area contributed by atoms with Crippen LogP contribution in [0.25, 0.3) is 0 Å². The molecule has 1 aliphatic heterocycles. The molecular weight excluding hydrogens is 384 g/mol. The normalized spacial score (nSPS) is 22.8. The summed E-state index contributed by atoms with van der Waals surface area (Å²) in [6, 6.07) is 3.82. The third kappa shape index (κ3) is 4.17. The molecule has 3 atom stereocenters. The van der Waals surface area contributed by atoms with Gasteiger partial charge < -0.3 is 19.1 Å². The molecule has 1 amide bonds. The Morgan fingerprint density at radius 2 is 1.90 bits per heavy atom. The Bertz CT molecular complexity index is 943. The van der Waals surface area contributed by atoms with E-state index in [4.69, 9.17) is 14.2 Å². The summed E-state index contributed by atoms with van der Waals surface area (Å²) in [5, 5.41) is 0. The highest BCUT2D eigenvalue weighted by Gasteiger charge is 2.49. The Balaban J connectivity index is 1.42. The Morgan fingerprint density at radius 3 is 2.57 bits per heavy atom. The first-order chi connectivity index (χ1) is 14.2. The Kier molecular flexibility index (Phi) is 5.26. The van der Waals surface area contributed by atoms with E-state index in [9.17, 15) is 4.79 Å². The number of amides is 1. The first-order valence-electron chi connectivity index (χ1n) is 10.3. The van der Waals surface area contributed by atoms with Crippen LogP contribution >= 0.6 is 0 Å². The average Bonchev–Trinajstić information content (AvgIpc) is 3.26. The van der Waals surface area contributed by atoms with Gasteiger partial charge in [-0.05, 0) is 53.2 Å². The molecule has 2 aliphatic rings. The first-order valence-corrected chi connectivity index (χ1v) is 10.3. The largest absolute Gasteiger partial charge is 0.474 e. The summed E-state index contributed by atoms with van der Waals surface area (Å²) >= 11 is 0. The molecule has 1 saturated carbocycles. The summed E-state index contributed by atoms with van der Waals surface area (Å²) in [6.07, 6.45) is 4.63. The van der Waals surface area contributed by atoms with Crippen molar-refractivity contribution >= 4 is 6.09 Å². The fourth-order valence-corrected chi connectivity index (χ4v) is 4.06.